The van der Waals surface area contributed by atoms with E-state index >= 15 is 0 Å². The lowest BCUT2D eigenvalue weighted by atomic mass is 9.77. The lowest BCUT2D eigenvalue weighted by Gasteiger charge is -2.29. The number of halogens is 2. The summed E-state index contributed by atoms with van der Waals surface area (Å²) in [6, 6.07) is 15.0. The first-order valence-electron chi connectivity index (χ1n) is 12.4. The molecule has 1 aliphatic rings. The number of ether oxygens (including phenoxy) is 1. The van der Waals surface area contributed by atoms with Crippen molar-refractivity contribution in [2.24, 2.45) is 5.92 Å². The minimum absolute atomic E-state index is 0.0125. The van der Waals surface area contributed by atoms with Crippen molar-refractivity contribution in [2.45, 2.75) is 76.7 Å². The van der Waals surface area contributed by atoms with Crippen molar-refractivity contribution in [2.75, 3.05) is 6.61 Å². The Balaban J connectivity index is 1.46. The van der Waals surface area contributed by atoms with Crippen LogP contribution in [0.3, 0.4) is 0 Å². The number of hydrogen-bond donors (Lipinski definition) is 0. The molecule has 1 nitrogen and oxygen atoms in total. The summed E-state index contributed by atoms with van der Waals surface area (Å²) in [6.45, 7) is 5.82. The highest BCUT2D eigenvalue weighted by Crippen LogP contribution is 2.38. The van der Waals surface area contributed by atoms with Gasteiger partial charge in [0.2, 0.25) is 0 Å². The summed E-state index contributed by atoms with van der Waals surface area (Å²) in [5, 5.41) is 0. The molecule has 3 rings (SSSR count). The molecule has 0 spiro atoms. The topological polar surface area (TPSA) is 9.23 Å². The summed E-state index contributed by atoms with van der Waals surface area (Å²) >= 11 is 0. The lowest BCUT2D eigenvalue weighted by molar-refractivity contribution is -0.248. The molecule has 0 heterocycles. The molecule has 1 fully saturated rings. The third-order valence-corrected chi connectivity index (χ3v) is 6.88. The van der Waals surface area contributed by atoms with E-state index < -0.39 is 6.11 Å². The lowest BCUT2D eigenvalue weighted by Crippen LogP contribution is -2.20. The van der Waals surface area contributed by atoms with Gasteiger partial charge >= 0.3 is 6.11 Å². The van der Waals surface area contributed by atoms with E-state index in [1.807, 2.05) is 37.3 Å². The van der Waals surface area contributed by atoms with E-state index in [9.17, 15) is 8.78 Å². The summed E-state index contributed by atoms with van der Waals surface area (Å²) in [4.78, 5) is 0. The Morgan fingerprint density at radius 3 is 2.15 bits per heavy atom. The zero-order valence-corrected chi connectivity index (χ0v) is 19.9. The van der Waals surface area contributed by atoms with Gasteiger partial charge in [-0.3, -0.25) is 0 Å². The molecular weight excluding hydrogens is 414 g/mol. The smallest absolute Gasteiger partial charge is 0.316 e. The van der Waals surface area contributed by atoms with Gasteiger partial charge in [-0.25, -0.2) is 0 Å². The minimum atomic E-state index is -3.27. The van der Waals surface area contributed by atoms with Crippen LogP contribution < -0.4 is 0 Å². The molecule has 0 bridgehead atoms. The molecule has 33 heavy (non-hydrogen) atoms. The van der Waals surface area contributed by atoms with E-state index in [2.05, 4.69) is 30.9 Å². The van der Waals surface area contributed by atoms with Crippen molar-refractivity contribution in [3.05, 3.63) is 95.6 Å². The number of rotatable bonds is 12. The number of hydrogen-bond acceptors (Lipinski definition) is 1. The first-order chi connectivity index (χ1) is 16.0. The molecule has 0 unspecified atom stereocenters. The predicted octanol–water partition coefficient (Wildman–Crippen LogP) is 8.74. The molecular formula is C30H38F2O. The maximum absolute atomic E-state index is 14.6. The predicted molar refractivity (Wildman–Crippen MR) is 134 cm³/mol. The van der Waals surface area contributed by atoms with Crippen LogP contribution in [0.15, 0.2) is 73.3 Å². The van der Waals surface area contributed by atoms with Gasteiger partial charge in [0, 0.05) is 0 Å². The van der Waals surface area contributed by atoms with E-state index in [4.69, 9.17) is 4.74 Å². The number of alkyl halides is 2. The van der Waals surface area contributed by atoms with Crippen LogP contribution in [0.4, 0.5) is 8.78 Å². The molecule has 0 atom stereocenters. The quantitative estimate of drug-likeness (QED) is 0.293. The molecule has 0 saturated heterocycles. The maximum Gasteiger partial charge on any atom is 0.383 e. The highest BCUT2D eigenvalue weighted by atomic mass is 19.3. The summed E-state index contributed by atoms with van der Waals surface area (Å²) < 4.78 is 34.2. The highest BCUT2D eigenvalue weighted by Gasteiger charge is 2.33. The maximum atomic E-state index is 14.6. The Kier molecular flexibility index (Phi) is 9.87. The standard InChI is InChI=1S/C30H38F2O/c1-3-5-7-9-25-10-12-26(13-11-25)22-23-33-30(31,32)29-20-18-28(19-21-29)27-16-14-24(15-17-27)8-6-4-2/h3-5,10-13,18-21,24,27H,2,6-9,14-17,22-23H2,1H3/b5-3+/t24-,27-. The fourth-order valence-corrected chi connectivity index (χ4v) is 4.76. The van der Waals surface area contributed by atoms with Crippen molar-refractivity contribution in [3.63, 3.8) is 0 Å². The zero-order valence-electron chi connectivity index (χ0n) is 19.9. The molecule has 1 saturated carbocycles. The normalized spacial score (nSPS) is 19.1. The number of aryl methyl sites for hydroxylation is 1. The Morgan fingerprint density at radius 2 is 1.55 bits per heavy atom. The Hall–Kier alpha value is -2.26. The molecule has 3 heteroatoms. The third-order valence-electron chi connectivity index (χ3n) is 6.88. The summed E-state index contributed by atoms with van der Waals surface area (Å²) in [5.41, 5.74) is 3.38. The van der Waals surface area contributed by atoms with Gasteiger partial charge in [0.1, 0.15) is 0 Å². The van der Waals surface area contributed by atoms with Crippen molar-refractivity contribution < 1.29 is 13.5 Å². The second-order valence-electron chi connectivity index (χ2n) is 9.25. The van der Waals surface area contributed by atoms with E-state index in [0.717, 1.165) is 43.6 Å². The molecule has 0 aromatic heterocycles. The van der Waals surface area contributed by atoms with Gasteiger partial charge in [-0.15, -0.1) is 6.58 Å². The minimum Gasteiger partial charge on any atom is -0.316 e. The first-order valence-corrected chi connectivity index (χ1v) is 12.4. The Bertz CT molecular complexity index is 859. The van der Waals surface area contributed by atoms with Crippen molar-refractivity contribution in [1.82, 2.24) is 0 Å². The van der Waals surface area contributed by atoms with Crippen LogP contribution in [0, 0.1) is 5.92 Å². The second kappa shape index (κ2) is 12.8. The van der Waals surface area contributed by atoms with Crippen LogP contribution in [0.2, 0.25) is 0 Å². The van der Waals surface area contributed by atoms with Crippen molar-refractivity contribution >= 4 is 0 Å². The van der Waals surface area contributed by atoms with E-state index in [1.54, 1.807) is 12.1 Å². The van der Waals surface area contributed by atoms with Crippen LogP contribution in [-0.2, 0) is 23.7 Å². The number of allylic oxidation sites excluding steroid dienone is 3. The van der Waals surface area contributed by atoms with Crippen LogP contribution in [0.1, 0.15) is 80.0 Å². The van der Waals surface area contributed by atoms with Gasteiger partial charge in [-0.05, 0) is 93.2 Å². The third kappa shape index (κ3) is 7.92. The summed E-state index contributed by atoms with van der Waals surface area (Å²) in [6.07, 6.45) is 12.4. The Labute approximate surface area is 198 Å². The second-order valence-corrected chi connectivity index (χ2v) is 9.25. The van der Waals surface area contributed by atoms with Crippen LogP contribution >= 0.6 is 0 Å². The van der Waals surface area contributed by atoms with E-state index in [0.29, 0.717) is 12.3 Å². The largest absolute Gasteiger partial charge is 0.383 e. The van der Waals surface area contributed by atoms with Crippen molar-refractivity contribution in [3.8, 4) is 0 Å². The molecule has 0 radical (unpaired) electrons. The average molecular weight is 453 g/mol. The summed E-state index contributed by atoms with van der Waals surface area (Å²) in [5.74, 6) is 1.26. The van der Waals surface area contributed by atoms with Crippen LogP contribution in [-0.4, -0.2) is 6.61 Å². The average Bonchev–Trinajstić information content (AvgIpc) is 2.84. The van der Waals surface area contributed by atoms with E-state index in [1.165, 1.54) is 30.4 Å². The summed E-state index contributed by atoms with van der Waals surface area (Å²) in [7, 11) is 0. The van der Waals surface area contributed by atoms with Gasteiger partial charge < -0.3 is 4.74 Å². The van der Waals surface area contributed by atoms with Gasteiger partial charge in [-0.2, -0.15) is 8.78 Å². The van der Waals surface area contributed by atoms with E-state index in [-0.39, 0.29) is 12.2 Å². The molecule has 0 aliphatic heterocycles. The highest BCUT2D eigenvalue weighted by molar-refractivity contribution is 5.28. The van der Waals surface area contributed by atoms with Gasteiger partial charge in [0.05, 0.1) is 12.2 Å². The fraction of sp³-hybridized carbons (Fsp3) is 0.467. The fourth-order valence-electron chi connectivity index (χ4n) is 4.76. The van der Waals surface area contributed by atoms with Crippen LogP contribution in [0.5, 0.6) is 0 Å². The Morgan fingerprint density at radius 1 is 0.909 bits per heavy atom. The molecule has 1 aliphatic carbocycles. The molecule has 0 amide bonds. The van der Waals surface area contributed by atoms with Gasteiger partial charge in [0.25, 0.3) is 0 Å². The van der Waals surface area contributed by atoms with Crippen LogP contribution in [0.25, 0.3) is 0 Å². The SMILES string of the molecule is C=CCC[C@H]1CC[C@H](c2ccc(C(F)(F)OCCc3ccc(CC/C=C/C)cc3)cc2)CC1. The van der Waals surface area contributed by atoms with Crippen molar-refractivity contribution in [1.29, 1.82) is 0 Å². The van der Waals surface area contributed by atoms with Gasteiger partial charge in [-0.1, -0.05) is 66.8 Å². The molecule has 2 aromatic rings. The molecule has 178 valence electrons. The molecule has 2 aromatic carbocycles. The van der Waals surface area contributed by atoms with Gasteiger partial charge in [0.15, 0.2) is 0 Å². The zero-order chi connectivity index (χ0) is 23.5. The first kappa shape index (κ1) is 25.4. The monoisotopic (exact) mass is 452 g/mol. The number of benzene rings is 2. The molecule has 0 N–H and O–H groups in total.